The lowest BCUT2D eigenvalue weighted by molar-refractivity contribution is -0.120. The second-order valence-corrected chi connectivity index (χ2v) is 7.29. The third kappa shape index (κ3) is 6.69. The van der Waals surface area contributed by atoms with Crippen LogP contribution in [0.2, 0.25) is 0 Å². The SMILES string of the molecule is COCCN(CC(=O)Nc1cccc(C)c1C)CC(=O)Nc1cccc(C)c1C. The van der Waals surface area contributed by atoms with Crippen molar-refractivity contribution in [2.45, 2.75) is 27.7 Å². The van der Waals surface area contributed by atoms with E-state index in [2.05, 4.69) is 10.6 Å². The number of nitrogens with zero attached hydrogens (tertiary/aromatic N) is 1. The fourth-order valence-corrected chi connectivity index (χ4v) is 2.99. The third-order valence-corrected chi connectivity index (χ3v) is 5.10. The summed E-state index contributed by atoms with van der Waals surface area (Å²) in [4.78, 5) is 26.9. The molecule has 2 amide bonds. The van der Waals surface area contributed by atoms with Gasteiger partial charge in [0.25, 0.3) is 0 Å². The lowest BCUT2D eigenvalue weighted by Gasteiger charge is -2.22. The summed E-state index contributed by atoms with van der Waals surface area (Å²) in [6.07, 6.45) is 0. The molecule has 0 aliphatic heterocycles. The highest BCUT2D eigenvalue weighted by Crippen LogP contribution is 2.19. The average molecular weight is 398 g/mol. The van der Waals surface area contributed by atoms with Crippen LogP contribution in [0.4, 0.5) is 11.4 Å². The van der Waals surface area contributed by atoms with Gasteiger partial charge in [-0.3, -0.25) is 14.5 Å². The van der Waals surface area contributed by atoms with E-state index in [1.165, 1.54) is 0 Å². The van der Waals surface area contributed by atoms with Crippen LogP contribution in [0.25, 0.3) is 0 Å². The van der Waals surface area contributed by atoms with E-state index in [0.717, 1.165) is 33.6 Å². The number of rotatable bonds is 9. The molecule has 2 N–H and O–H groups in total. The number of nitrogens with one attached hydrogen (secondary N) is 2. The molecule has 0 unspecified atom stereocenters. The minimum atomic E-state index is -0.158. The second-order valence-electron chi connectivity index (χ2n) is 7.29. The zero-order valence-corrected chi connectivity index (χ0v) is 18.0. The fraction of sp³-hybridized carbons (Fsp3) is 0.391. The van der Waals surface area contributed by atoms with E-state index in [-0.39, 0.29) is 24.9 Å². The molecule has 0 fully saturated rings. The number of methoxy groups -OCH3 is 1. The number of ether oxygens (including phenoxy) is 1. The number of carbonyl (C=O) groups is 2. The van der Waals surface area contributed by atoms with Gasteiger partial charge in [-0.1, -0.05) is 24.3 Å². The zero-order chi connectivity index (χ0) is 21.4. The Hall–Kier alpha value is -2.70. The summed E-state index contributed by atoms with van der Waals surface area (Å²) in [5.74, 6) is -0.316. The Balaban J connectivity index is 2.00. The summed E-state index contributed by atoms with van der Waals surface area (Å²) in [6.45, 7) is 9.11. The quantitative estimate of drug-likeness (QED) is 0.680. The fourth-order valence-electron chi connectivity index (χ4n) is 2.99. The number of hydrogen-bond acceptors (Lipinski definition) is 4. The molecular weight excluding hydrogens is 366 g/mol. The molecule has 2 rings (SSSR count). The van der Waals surface area contributed by atoms with Crippen LogP contribution in [-0.2, 0) is 14.3 Å². The first kappa shape index (κ1) is 22.6. The Bertz CT molecular complexity index is 797. The van der Waals surface area contributed by atoms with Gasteiger partial charge in [-0.15, -0.1) is 0 Å². The molecule has 0 radical (unpaired) electrons. The van der Waals surface area contributed by atoms with Gasteiger partial charge in [0.2, 0.25) is 11.8 Å². The van der Waals surface area contributed by atoms with E-state index >= 15 is 0 Å². The molecule has 0 heterocycles. The summed E-state index contributed by atoms with van der Waals surface area (Å²) in [5, 5.41) is 5.89. The van der Waals surface area contributed by atoms with Gasteiger partial charge in [0, 0.05) is 25.0 Å². The van der Waals surface area contributed by atoms with Gasteiger partial charge >= 0.3 is 0 Å². The zero-order valence-electron chi connectivity index (χ0n) is 18.0. The smallest absolute Gasteiger partial charge is 0.238 e. The van der Waals surface area contributed by atoms with Crippen LogP contribution in [0.1, 0.15) is 22.3 Å². The molecule has 0 aliphatic carbocycles. The van der Waals surface area contributed by atoms with Crippen molar-refractivity contribution in [3.05, 3.63) is 58.7 Å². The first-order valence-electron chi connectivity index (χ1n) is 9.75. The van der Waals surface area contributed by atoms with Crippen LogP contribution in [0.5, 0.6) is 0 Å². The number of amides is 2. The predicted molar refractivity (Wildman–Crippen MR) is 117 cm³/mol. The summed E-state index contributed by atoms with van der Waals surface area (Å²) < 4.78 is 5.14. The molecular formula is C23H31N3O3. The maximum Gasteiger partial charge on any atom is 0.238 e. The highest BCUT2D eigenvalue weighted by atomic mass is 16.5. The van der Waals surface area contributed by atoms with Gasteiger partial charge in [-0.05, 0) is 62.1 Å². The molecule has 0 atom stereocenters. The van der Waals surface area contributed by atoms with E-state index in [4.69, 9.17) is 4.74 Å². The monoisotopic (exact) mass is 397 g/mol. The van der Waals surface area contributed by atoms with E-state index in [1.807, 2.05) is 64.1 Å². The number of hydrogen-bond donors (Lipinski definition) is 2. The Morgan fingerprint density at radius 1 is 0.828 bits per heavy atom. The van der Waals surface area contributed by atoms with Crippen molar-refractivity contribution in [3.63, 3.8) is 0 Å². The van der Waals surface area contributed by atoms with Gasteiger partial charge in [0.1, 0.15) is 0 Å². The van der Waals surface area contributed by atoms with Crippen LogP contribution in [0.3, 0.4) is 0 Å². The molecule has 0 aliphatic rings. The molecule has 6 heteroatoms. The standard InChI is InChI=1S/C23H31N3O3/c1-16-8-6-10-20(18(16)3)24-22(27)14-26(12-13-29-5)15-23(28)25-21-11-7-9-17(2)19(21)4/h6-11H,12-15H2,1-5H3,(H,24,27)(H,25,28). The first-order chi connectivity index (χ1) is 13.8. The summed E-state index contributed by atoms with van der Waals surface area (Å²) in [5.41, 5.74) is 5.90. The molecule has 6 nitrogen and oxygen atoms in total. The minimum Gasteiger partial charge on any atom is -0.383 e. The third-order valence-electron chi connectivity index (χ3n) is 5.10. The van der Waals surface area contributed by atoms with Crippen LogP contribution >= 0.6 is 0 Å². The lowest BCUT2D eigenvalue weighted by atomic mass is 10.1. The van der Waals surface area contributed by atoms with Crippen molar-refractivity contribution in [2.24, 2.45) is 0 Å². The molecule has 2 aromatic carbocycles. The lowest BCUT2D eigenvalue weighted by Crippen LogP contribution is -2.40. The topological polar surface area (TPSA) is 70.7 Å². The minimum absolute atomic E-state index is 0.108. The summed E-state index contributed by atoms with van der Waals surface area (Å²) in [7, 11) is 1.60. The van der Waals surface area contributed by atoms with Crippen LogP contribution in [-0.4, -0.2) is 50.1 Å². The maximum absolute atomic E-state index is 12.6. The predicted octanol–water partition coefficient (Wildman–Crippen LogP) is 3.45. The van der Waals surface area contributed by atoms with Crippen molar-refractivity contribution in [1.82, 2.24) is 4.90 Å². The highest BCUT2D eigenvalue weighted by Gasteiger charge is 2.16. The van der Waals surface area contributed by atoms with Gasteiger partial charge in [-0.25, -0.2) is 0 Å². The first-order valence-corrected chi connectivity index (χ1v) is 9.75. The van der Waals surface area contributed by atoms with Gasteiger partial charge in [0.15, 0.2) is 0 Å². The number of benzene rings is 2. The number of anilines is 2. The van der Waals surface area contributed by atoms with E-state index in [0.29, 0.717) is 13.2 Å². The molecule has 0 aromatic heterocycles. The van der Waals surface area contributed by atoms with Crippen LogP contribution < -0.4 is 10.6 Å². The molecule has 156 valence electrons. The van der Waals surface area contributed by atoms with Crippen molar-refractivity contribution < 1.29 is 14.3 Å². The molecule has 2 aromatic rings. The average Bonchev–Trinajstić information content (AvgIpc) is 2.67. The molecule has 0 bridgehead atoms. The summed E-state index contributed by atoms with van der Waals surface area (Å²) >= 11 is 0. The van der Waals surface area contributed by atoms with Gasteiger partial charge in [0.05, 0.1) is 19.7 Å². The Labute approximate surface area is 173 Å². The summed E-state index contributed by atoms with van der Waals surface area (Å²) in [6, 6.07) is 11.6. The number of aryl methyl sites for hydroxylation is 2. The second kappa shape index (κ2) is 10.7. The molecule has 0 spiro atoms. The molecule has 29 heavy (non-hydrogen) atoms. The Morgan fingerprint density at radius 2 is 1.28 bits per heavy atom. The van der Waals surface area contributed by atoms with Crippen molar-refractivity contribution in [2.75, 3.05) is 44.0 Å². The number of carbonyl (C=O) groups excluding carboxylic acids is 2. The van der Waals surface area contributed by atoms with E-state index in [1.54, 1.807) is 12.0 Å². The van der Waals surface area contributed by atoms with E-state index < -0.39 is 0 Å². The maximum atomic E-state index is 12.6. The normalized spacial score (nSPS) is 10.8. The van der Waals surface area contributed by atoms with E-state index in [9.17, 15) is 9.59 Å². The highest BCUT2D eigenvalue weighted by molar-refractivity contribution is 5.95. The molecule has 0 saturated heterocycles. The Kier molecular flexibility index (Phi) is 8.36. The largest absolute Gasteiger partial charge is 0.383 e. The van der Waals surface area contributed by atoms with Crippen molar-refractivity contribution >= 4 is 23.2 Å². The van der Waals surface area contributed by atoms with Crippen molar-refractivity contribution in [1.29, 1.82) is 0 Å². The van der Waals surface area contributed by atoms with Crippen LogP contribution in [0.15, 0.2) is 36.4 Å². The molecule has 0 saturated carbocycles. The van der Waals surface area contributed by atoms with Crippen molar-refractivity contribution in [3.8, 4) is 0 Å². The Morgan fingerprint density at radius 3 is 1.69 bits per heavy atom. The van der Waals surface area contributed by atoms with Gasteiger partial charge in [-0.2, -0.15) is 0 Å². The van der Waals surface area contributed by atoms with Crippen LogP contribution in [0, 0.1) is 27.7 Å². The van der Waals surface area contributed by atoms with Gasteiger partial charge < -0.3 is 15.4 Å².